The molecule has 2 aromatic carbocycles. The Labute approximate surface area is 139 Å². The molecule has 2 rings (SSSR count). The quantitative estimate of drug-likeness (QED) is 0.460. The lowest BCUT2D eigenvalue weighted by Crippen LogP contribution is -2.41. The smallest absolute Gasteiger partial charge is 0.267 e. The van der Waals surface area contributed by atoms with E-state index in [1.54, 1.807) is 18.2 Å². The first-order valence-electron chi connectivity index (χ1n) is 6.08. The van der Waals surface area contributed by atoms with Gasteiger partial charge in [0.1, 0.15) is 0 Å². The molecule has 0 aliphatic rings. The highest BCUT2D eigenvalue weighted by atomic mass is 127. The summed E-state index contributed by atoms with van der Waals surface area (Å²) in [6.45, 7) is 0. The van der Waals surface area contributed by atoms with Gasteiger partial charge in [-0.15, -0.1) is 0 Å². The molecule has 8 heteroatoms. The van der Waals surface area contributed by atoms with Crippen molar-refractivity contribution in [1.82, 2.24) is 10.9 Å². The fourth-order valence-corrected chi connectivity index (χ4v) is 2.19. The molecule has 0 spiro atoms. The summed E-state index contributed by atoms with van der Waals surface area (Å²) < 4.78 is 0.885. The molecule has 7 nitrogen and oxygen atoms in total. The first kappa shape index (κ1) is 15.9. The second-order valence-electron chi connectivity index (χ2n) is 4.23. The molecule has 0 atom stereocenters. The standard InChI is InChI=1S/C14H10IN3O4/c15-11-5-1-3-9(7-11)13(19)16-17-14(20)10-4-2-6-12(8-10)18(21)22/h1-8H,(H,16,19)(H,17,20). The van der Waals surface area contributed by atoms with E-state index in [9.17, 15) is 19.7 Å². The number of amides is 2. The van der Waals surface area contributed by atoms with Crippen molar-refractivity contribution in [3.8, 4) is 0 Å². The summed E-state index contributed by atoms with van der Waals surface area (Å²) in [5.41, 5.74) is 4.76. The van der Waals surface area contributed by atoms with E-state index < -0.39 is 16.7 Å². The van der Waals surface area contributed by atoms with E-state index in [1.165, 1.54) is 18.2 Å². The van der Waals surface area contributed by atoms with E-state index in [0.29, 0.717) is 5.56 Å². The molecule has 0 fully saturated rings. The van der Waals surface area contributed by atoms with Crippen molar-refractivity contribution in [2.45, 2.75) is 0 Å². The lowest BCUT2D eigenvalue weighted by Gasteiger charge is -2.07. The van der Waals surface area contributed by atoms with Crippen LogP contribution < -0.4 is 10.9 Å². The number of halogens is 1. The third kappa shape index (κ3) is 4.01. The van der Waals surface area contributed by atoms with Gasteiger partial charge in [0.05, 0.1) is 4.92 Å². The number of rotatable bonds is 3. The van der Waals surface area contributed by atoms with Gasteiger partial charge in [0, 0.05) is 26.8 Å². The molecule has 22 heavy (non-hydrogen) atoms. The van der Waals surface area contributed by atoms with Crippen LogP contribution in [0.2, 0.25) is 0 Å². The van der Waals surface area contributed by atoms with Crippen molar-refractivity contribution in [3.05, 3.63) is 73.3 Å². The monoisotopic (exact) mass is 411 g/mol. The van der Waals surface area contributed by atoms with Crippen LogP contribution in [-0.2, 0) is 0 Å². The van der Waals surface area contributed by atoms with Gasteiger partial charge < -0.3 is 0 Å². The van der Waals surface area contributed by atoms with Crippen molar-refractivity contribution in [3.63, 3.8) is 0 Å². The second kappa shape index (κ2) is 6.98. The zero-order chi connectivity index (χ0) is 16.1. The molecular weight excluding hydrogens is 401 g/mol. The van der Waals surface area contributed by atoms with Crippen molar-refractivity contribution < 1.29 is 14.5 Å². The van der Waals surface area contributed by atoms with Crippen LogP contribution in [0.15, 0.2) is 48.5 Å². The Hall–Kier alpha value is -2.49. The van der Waals surface area contributed by atoms with Crippen molar-refractivity contribution >= 4 is 40.1 Å². The second-order valence-corrected chi connectivity index (χ2v) is 5.47. The molecule has 0 aromatic heterocycles. The number of carbonyl (C=O) groups excluding carboxylic acids is 2. The molecule has 0 radical (unpaired) electrons. The molecule has 0 aliphatic carbocycles. The molecule has 112 valence electrons. The minimum absolute atomic E-state index is 0.0807. The number of non-ortho nitro benzene ring substituents is 1. The molecule has 0 heterocycles. The number of nitro benzene ring substituents is 1. The van der Waals surface area contributed by atoms with E-state index >= 15 is 0 Å². The van der Waals surface area contributed by atoms with Crippen molar-refractivity contribution in [2.24, 2.45) is 0 Å². The highest BCUT2D eigenvalue weighted by Gasteiger charge is 2.12. The van der Waals surface area contributed by atoms with E-state index in [2.05, 4.69) is 33.4 Å². The van der Waals surface area contributed by atoms with Gasteiger partial charge >= 0.3 is 0 Å². The van der Waals surface area contributed by atoms with Crippen LogP contribution in [0, 0.1) is 13.7 Å². The summed E-state index contributed by atoms with van der Waals surface area (Å²) in [7, 11) is 0. The van der Waals surface area contributed by atoms with E-state index in [4.69, 9.17) is 0 Å². The highest BCUT2D eigenvalue weighted by Crippen LogP contribution is 2.12. The Bertz CT molecular complexity index is 748. The molecule has 2 N–H and O–H groups in total. The van der Waals surface area contributed by atoms with Crippen LogP contribution in [-0.4, -0.2) is 16.7 Å². The summed E-state index contributed by atoms with van der Waals surface area (Å²) in [6, 6.07) is 12.0. The first-order valence-corrected chi connectivity index (χ1v) is 7.16. The summed E-state index contributed by atoms with van der Waals surface area (Å²) in [5.74, 6) is -1.11. The Kier molecular flexibility index (Phi) is 5.04. The Morgan fingerprint density at radius 2 is 1.50 bits per heavy atom. The molecular formula is C14H10IN3O4. The average Bonchev–Trinajstić information content (AvgIpc) is 2.52. The third-order valence-corrected chi connectivity index (χ3v) is 3.37. The van der Waals surface area contributed by atoms with Crippen LogP contribution in [0.3, 0.4) is 0 Å². The van der Waals surface area contributed by atoms with E-state index in [0.717, 1.165) is 9.64 Å². The maximum atomic E-state index is 11.9. The molecule has 2 aromatic rings. The van der Waals surface area contributed by atoms with Crippen LogP contribution in [0.5, 0.6) is 0 Å². The number of nitrogens with one attached hydrogen (secondary N) is 2. The normalized spacial score (nSPS) is 9.86. The van der Waals surface area contributed by atoms with Crippen molar-refractivity contribution in [2.75, 3.05) is 0 Å². The van der Waals surface area contributed by atoms with Gasteiger partial charge in [-0.25, -0.2) is 0 Å². The topological polar surface area (TPSA) is 101 Å². The minimum atomic E-state index is -0.636. The number of benzene rings is 2. The molecule has 0 unspecified atom stereocenters. The summed E-state index contributed by atoms with van der Waals surface area (Å²) in [4.78, 5) is 33.8. The molecule has 0 saturated carbocycles. The lowest BCUT2D eigenvalue weighted by atomic mass is 10.2. The predicted octanol–water partition coefficient (Wildman–Crippen LogP) is 2.27. The fraction of sp³-hybridized carbons (Fsp3) is 0. The number of hydrogen-bond donors (Lipinski definition) is 2. The van der Waals surface area contributed by atoms with Crippen LogP contribution in [0.4, 0.5) is 5.69 Å². The van der Waals surface area contributed by atoms with Crippen LogP contribution in [0.1, 0.15) is 20.7 Å². The van der Waals surface area contributed by atoms with Gasteiger partial charge in [0.2, 0.25) is 0 Å². The number of hydrazine groups is 1. The first-order chi connectivity index (χ1) is 10.5. The number of nitro groups is 1. The number of hydrogen-bond acceptors (Lipinski definition) is 4. The lowest BCUT2D eigenvalue weighted by molar-refractivity contribution is -0.384. The Morgan fingerprint density at radius 3 is 2.05 bits per heavy atom. The van der Waals surface area contributed by atoms with Gasteiger partial charge in [-0.3, -0.25) is 30.6 Å². The Morgan fingerprint density at radius 1 is 0.955 bits per heavy atom. The maximum Gasteiger partial charge on any atom is 0.270 e. The fourth-order valence-electron chi connectivity index (χ4n) is 1.65. The number of nitrogens with zero attached hydrogens (tertiary/aromatic N) is 1. The minimum Gasteiger partial charge on any atom is -0.267 e. The molecule has 0 aliphatic heterocycles. The van der Waals surface area contributed by atoms with Crippen LogP contribution >= 0.6 is 22.6 Å². The zero-order valence-electron chi connectivity index (χ0n) is 11.1. The highest BCUT2D eigenvalue weighted by molar-refractivity contribution is 14.1. The maximum absolute atomic E-state index is 11.9. The number of carbonyl (C=O) groups is 2. The van der Waals surface area contributed by atoms with Crippen molar-refractivity contribution in [1.29, 1.82) is 0 Å². The SMILES string of the molecule is O=C(NNC(=O)c1cccc([N+](=O)[O-])c1)c1cccc(I)c1. The average molecular weight is 411 g/mol. The molecule has 0 saturated heterocycles. The van der Waals surface area contributed by atoms with Gasteiger partial charge in [-0.2, -0.15) is 0 Å². The van der Waals surface area contributed by atoms with Crippen LogP contribution in [0.25, 0.3) is 0 Å². The molecule has 0 bridgehead atoms. The van der Waals surface area contributed by atoms with Gasteiger partial charge in [-0.1, -0.05) is 12.1 Å². The zero-order valence-corrected chi connectivity index (χ0v) is 13.2. The largest absolute Gasteiger partial charge is 0.270 e. The summed E-state index contributed by atoms with van der Waals surface area (Å²) in [5, 5.41) is 10.7. The van der Waals surface area contributed by atoms with Gasteiger partial charge in [-0.05, 0) is 46.9 Å². The van der Waals surface area contributed by atoms with Gasteiger partial charge in [0.15, 0.2) is 0 Å². The summed E-state index contributed by atoms with van der Waals surface area (Å²) >= 11 is 2.07. The predicted molar refractivity (Wildman–Crippen MR) is 87.2 cm³/mol. The van der Waals surface area contributed by atoms with E-state index in [1.807, 2.05) is 6.07 Å². The molecule has 2 amide bonds. The Balaban J connectivity index is 2.02. The van der Waals surface area contributed by atoms with Gasteiger partial charge in [0.25, 0.3) is 17.5 Å². The van der Waals surface area contributed by atoms with E-state index in [-0.39, 0.29) is 11.3 Å². The summed E-state index contributed by atoms with van der Waals surface area (Å²) in [6.07, 6.45) is 0. The third-order valence-electron chi connectivity index (χ3n) is 2.70.